The van der Waals surface area contributed by atoms with Crippen LogP contribution in [-0.4, -0.2) is 9.13 Å². The maximum atomic E-state index is 6.62. The van der Waals surface area contributed by atoms with Crippen molar-refractivity contribution >= 4 is 151 Å². The Kier molecular flexibility index (Phi) is 5.90. The molecule has 6 heterocycles. The van der Waals surface area contributed by atoms with E-state index in [1.165, 1.54) is 67.5 Å². The number of fused-ring (bicyclic) bond motifs is 20. The molecule has 0 aliphatic carbocycles. The number of furan rings is 2. The van der Waals surface area contributed by atoms with Crippen LogP contribution in [0.3, 0.4) is 0 Å². The molecule has 15 aromatic rings. The first-order valence-electron chi connectivity index (χ1n) is 20.2. The molecule has 4 nitrogen and oxygen atoms in total. The first-order valence-corrected chi connectivity index (χ1v) is 21.9. The Hall–Kier alpha value is -7.38. The van der Waals surface area contributed by atoms with Crippen LogP contribution in [-0.2, 0) is 0 Å². The first-order chi connectivity index (χ1) is 29.7. The van der Waals surface area contributed by atoms with E-state index < -0.39 is 0 Å². The number of hydrogen-bond acceptors (Lipinski definition) is 4. The zero-order chi connectivity index (χ0) is 38.8. The third-order valence-electron chi connectivity index (χ3n) is 12.9. The Morgan fingerprint density at radius 2 is 0.917 bits per heavy atom. The molecule has 0 N–H and O–H groups in total. The van der Waals surface area contributed by atoms with Gasteiger partial charge in [0.15, 0.2) is 0 Å². The van der Waals surface area contributed by atoms with E-state index in [0.717, 1.165) is 71.7 Å². The average Bonchev–Trinajstić information content (AvgIpc) is 4.13. The standard InChI is InChI=1S/C54H28N2O2S2/c1-5-13-41-35(11-1)51-43(21-19-33-31-9-3-7-15-45(31)58-53(33)51)55(41)30-18-24-49-39(26-30)40-27-38-37-25-29(17-23-46(37)57-47(38)28-50(40)59-49)56-42-14-6-2-12-36(42)52-44(56)22-20-34-32-10-4-8-16-48(32)60-54(34)52/h1-28H. The zero-order valence-corrected chi connectivity index (χ0v) is 33.3. The molecule has 0 fully saturated rings. The molecule has 0 unspecified atom stereocenters. The summed E-state index contributed by atoms with van der Waals surface area (Å²) in [6.45, 7) is 0. The van der Waals surface area contributed by atoms with Crippen LogP contribution in [0.15, 0.2) is 179 Å². The van der Waals surface area contributed by atoms with Crippen LogP contribution in [0, 0.1) is 0 Å². The van der Waals surface area contributed by atoms with E-state index in [0.29, 0.717) is 0 Å². The van der Waals surface area contributed by atoms with E-state index in [-0.39, 0.29) is 0 Å². The normalized spacial score (nSPS) is 12.7. The highest BCUT2D eigenvalue weighted by Gasteiger charge is 2.21. The summed E-state index contributed by atoms with van der Waals surface area (Å²) in [6, 6.07) is 61.9. The van der Waals surface area contributed by atoms with Crippen molar-refractivity contribution in [2.24, 2.45) is 0 Å². The van der Waals surface area contributed by atoms with E-state index in [2.05, 4.69) is 173 Å². The highest BCUT2D eigenvalue weighted by molar-refractivity contribution is 7.27. The van der Waals surface area contributed by atoms with Gasteiger partial charge in [-0.05, 0) is 91.0 Å². The van der Waals surface area contributed by atoms with Gasteiger partial charge in [0.2, 0.25) is 0 Å². The molecule has 6 heteroatoms. The minimum atomic E-state index is 0.895. The van der Waals surface area contributed by atoms with Crippen molar-refractivity contribution in [3.8, 4) is 11.4 Å². The van der Waals surface area contributed by atoms with Gasteiger partial charge < -0.3 is 18.0 Å². The lowest BCUT2D eigenvalue weighted by atomic mass is 10.1. The molecule has 278 valence electrons. The van der Waals surface area contributed by atoms with Crippen molar-refractivity contribution in [2.45, 2.75) is 0 Å². The number of rotatable bonds is 2. The molecule has 0 spiro atoms. The molecule has 60 heavy (non-hydrogen) atoms. The van der Waals surface area contributed by atoms with Gasteiger partial charge in [-0.15, -0.1) is 22.7 Å². The monoisotopic (exact) mass is 800 g/mol. The van der Waals surface area contributed by atoms with Crippen LogP contribution in [0.25, 0.3) is 139 Å². The highest BCUT2D eigenvalue weighted by Crippen LogP contribution is 2.46. The first kappa shape index (κ1) is 31.6. The minimum Gasteiger partial charge on any atom is -0.456 e. The number of hydrogen-bond donors (Lipinski definition) is 0. The summed E-state index contributed by atoms with van der Waals surface area (Å²) in [5.41, 5.74) is 10.6. The Balaban J connectivity index is 0.945. The second-order valence-electron chi connectivity index (χ2n) is 16.0. The predicted molar refractivity (Wildman–Crippen MR) is 255 cm³/mol. The molecule has 0 aliphatic heterocycles. The van der Waals surface area contributed by atoms with E-state index in [4.69, 9.17) is 8.83 Å². The van der Waals surface area contributed by atoms with Crippen LogP contribution >= 0.6 is 22.7 Å². The van der Waals surface area contributed by atoms with Gasteiger partial charge in [-0.1, -0.05) is 78.9 Å². The molecule has 0 bridgehead atoms. The van der Waals surface area contributed by atoms with Gasteiger partial charge in [0.1, 0.15) is 22.3 Å². The van der Waals surface area contributed by atoms with Crippen LogP contribution in [0.1, 0.15) is 0 Å². The maximum Gasteiger partial charge on any atom is 0.145 e. The second-order valence-corrected chi connectivity index (χ2v) is 18.1. The molecule has 0 amide bonds. The second kappa shape index (κ2) is 11.2. The topological polar surface area (TPSA) is 36.1 Å². The Bertz CT molecular complexity index is 4100. The summed E-state index contributed by atoms with van der Waals surface area (Å²) in [5, 5.41) is 14.6. The fourth-order valence-corrected chi connectivity index (χ4v) is 12.7. The van der Waals surface area contributed by atoms with Crippen LogP contribution < -0.4 is 0 Å². The largest absolute Gasteiger partial charge is 0.456 e. The average molecular weight is 801 g/mol. The zero-order valence-electron chi connectivity index (χ0n) is 31.7. The number of thiophene rings is 2. The van der Waals surface area contributed by atoms with E-state index in [9.17, 15) is 0 Å². The number of benzene rings is 9. The lowest BCUT2D eigenvalue weighted by Crippen LogP contribution is -1.93. The lowest BCUT2D eigenvalue weighted by molar-refractivity contribution is 0.669. The molecule has 0 saturated heterocycles. The summed E-state index contributed by atoms with van der Waals surface area (Å²) in [4.78, 5) is 0. The molecular weight excluding hydrogens is 773 g/mol. The van der Waals surface area contributed by atoms with E-state index in [1.807, 2.05) is 28.7 Å². The van der Waals surface area contributed by atoms with Gasteiger partial charge in [0.25, 0.3) is 0 Å². The summed E-state index contributed by atoms with van der Waals surface area (Å²) in [6.07, 6.45) is 0. The van der Waals surface area contributed by atoms with Crippen molar-refractivity contribution in [3.05, 3.63) is 170 Å². The van der Waals surface area contributed by atoms with Crippen LogP contribution in [0.4, 0.5) is 0 Å². The van der Waals surface area contributed by atoms with Gasteiger partial charge in [-0.3, -0.25) is 0 Å². The number of para-hydroxylation sites is 3. The third kappa shape index (κ3) is 4.00. The molecule has 0 aliphatic rings. The fourth-order valence-electron chi connectivity index (χ4n) is 10.3. The Morgan fingerprint density at radius 3 is 1.75 bits per heavy atom. The van der Waals surface area contributed by atoms with Crippen molar-refractivity contribution in [3.63, 3.8) is 0 Å². The fraction of sp³-hybridized carbons (Fsp3) is 0. The summed E-state index contributed by atoms with van der Waals surface area (Å²) >= 11 is 3.71. The van der Waals surface area contributed by atoms with Gasteiger partial charge >= 0.3 is 0 Å². The van der Waals surface area contributed by atoms with Crippen LogP contribution in [0.2, 0.25) is 0 Å². The van der Waals surface area contributed by atoms with Crippen molar-refractivity contribution in [2.75, 3.05) is 0 Å². The molecule has 0 saturated carbocycles. The number of aromatic nitrogens is 2. The smallest absolute Gasteiger partial charge is 0.145 e. The van der Waals surface area contributed by atoms with Crippen molar-refractivity contribution in [1.82, 2.24) is 9.13 Å². The summed E-state index contributed by atoms with van der Waals surface area (Å²) < 4.78 is 23.2. The molecule has 0 atom stereocenters. The molecular formula is C54H28N2O2S2. The van der Waals surface area contributed by atoms with Crippen molar-refractivity contribution < 1.29 is 8.83 Å². The lowest BCUT2D eigenvalue weighted by Gasteiger charge is -2.08. The third-order valence-corrected chi connectivity index (χ3v) is 15.2. The van der Waals surface area contributed by atoms with Gasteiger partial charge in [0, 0.05) is 89.4 Å². The maximum absolute atomic E-state index is 6.62. The highest BCUT2D eigenvalue weighted by atomic mass is 32.1. The Morgan fingerprint density at radius 1 is 0.317 bits per heavy atom. The SMILES string of the molecule is c1ccc2c(c1)oc1c2ccc2c1c1ccccc1n2-c1ccc2sc3cc4oc5ccc(-n6c7ccccc7c7c8sc9ccccc9c8ccc76)cc5c4cc3c2c1. The Labute approximate surface area is 347 Å². The summed E-state index contributed by atoms with van der Waals surface area (Å²) in [5.74, 6) is 0. The summed E-state index contributed by atoms with van der Waals surface area (Å²) in [7, 11) is 0. The molecule has 9 aromatic carbocycles. The van der Waals surface area contributed by atoms with E-state index >= 15 is 0 Å². The minimum absolute atomic E-state index is 0.895. The van der Waals surface area contributed by atoms with E-state index in [1.54, 1.807) is 0 Å². The predicted octanol–water partition coefficient (Wildman–Crippen LogP) is 16.4. The van der Waals surface area contributed by atoms with Gasteiger partial charge in [0.05, 0.1) is 27.5 Å². The number of nitrogens with zero attached hydrogens (tertiary/aromatic N) is 2. The molecule has 0 radical (unpaired) electrons. The van der Waals surface area contributed by atoms with Gasteiger partial charge in [-0.25, -0.2) is 0 Å². The van der Waals surface area contributed by atoms with Crippen molar-refractivity contribution in [1.29, 1.82) is 0 Å². The molecule has 6 aromatic heterocycles. The quantitative estimate of drug-likeness (QED) is 0.175. The van der Waals surface area contributed by atoms with Gasteiger partial charge in [-0.2, -0.15) is 0 Å². The molecule has 15 rings (SSSR count). The van der Waals surface area contributed by atoms with Crippen LogP contribution in [0.5, 0.6) is 0 Å².